The number of hydrogen-bond acceptors (Lipinski definition) is 2. The van der Waals surface area contributed by atoms with Crippen LogP contribution in [0.4, 0.5) is 0 Å². The average molecular weight is 211 g/mol. The molecule has 2 fully saturated rings. The van der Waals surface area contributed by atoms with Crippen molar-refractivity contribution in [3.05, 3.63) is 0 Å². The Labute approximate surface area is 93.8 Å². The van der Waals surface area contributed by atoms with Gasteiger partial charge in [0.15, 0.2) is 0 Å². The van der Waals surface area contributed by atoms with Crippen LogP contribution in [-0.2, 0) is 4.74 Å². The van der Waals surface area contributed by atoms with Gasteiger partial charge in [0.05, 0.1) is 6.10 Å². The second kappa shape index (κ2) is 5.86. The van der Waals surface area contributed by atoms with E-state index in [1.807, 2.05) is 0 Å². The number of hydrogen-bond donors (Lipinski definition) is 1. The van der Waals surface area contributed by atoms with Crippen LogP contribution in [0.25, 0.3) is 0 Å². The molecule has 0 spiro atoms. The lowest BCUT2D eigenvalue weighted by molar-refractivity contribution is 0.107. The van der Waals surface area contributed by atoms with E-state index in [9.17, 15) is 0 Å². The monoisotopic (exact) mass is 211 g/mol. The SMILES string of the molecule is CC(CC1CCCC1)NCC1CCCO1. The molecule has 2 aliphatic rings. The number of ether oxygens (including phenoxy) is 1. The molecule has 2 atom stereocenters. The van der Waals surface area contributed by atoms with E-state index in [1.165, 1.54) is 44.9 Å². The summed E-state index contributed by atoms with van der Waals surface area (Å²) < 4.78 is 5.61. The predicted molar refractivity (Wildman–Crippen MR) is 63.0 cm³/mol. The summed E-state index contributed by atoms with van der Waals surface area (Å²) in [4.78, 5) is 0. The highest BCUT2D eigenvalue weighted by Gasteiger charge is 2.19. The molecule has 1 saturated carbocycles. The summed E-state index contributed by atoms with van der Waals surface area (Å²) in [5.41, 5.74) is 0. The van der Waals surface area contributed by atoms with Gasteiger partial charge >= 0.3 is 0 Å². The fourth-order valence-corrected chi connectivity index (χ4v) is 2.97. The maximum absolute atomic E-state index is 5.61. The van der Waals surface area contributed by atoms with Gasteiger partial charge in [-0.05, 0) is 32.1 Å². The highest BCUT2D eigenvalue weighted by molar-refractivity contribution is 4.75. The van der Waals surface area contributed by atoms with Crippen LogP contribution < -0.4 is 5.32 Å². The van der Waals surface area contributed by atoms with Crippen LogP contribution in [0.2, 0.25) is 0 Å². The molecule has 2 rings (SSSR count). The summed E-state index contributed by atoms with van der Waals surface area (Å²) in [6, 6.07) is 0.678. The summed E-state index contributed by atoms with van der Waals surface area (Å²) >= 11 is 0. The van der Waals surface area contributed by atoms with Crippen LogP contribution in [0, 0.1) is 5.92 Å². The molecule has 1 saturated heterocycles. The second-order valence-corrected chi connectivity index (χ2v) is 5.33. The fourth-order valence-electron chi connectivity index (χ4n) is 2.97. The summed E-state index contributed by atoms with van der Waals surface area (Å²) in [5, 5.41) is 3.63. The Morgan fingerprint density at radius 2 is 2.00 bits per heavy atom. The molecule has 1 aliphatic heterocycles. The van der Waals surface area contributed by atoms with Crippen LogP contribution in [0.5, 0.6) is 0 Å². The minimum absolute atomic E-state index is 0.496. The standard InChI is InChI=1S/C13H25NO/c1-11(9-12-5-2-3-6-12)14-10-13-7-4-8-15-13/h11-14H,2-10H2,1H3. The average Bonchev–Trinajstić information content (AvgIpc) is 2.86. The van der Waals surface area contributed by atoms with E-state index in [0.717, 1.165) is 19.1 Å². The van der Waals surface area contributed by atoms with Crippen molar-refractivity contribution in [3.8, 4) is 0 Å². The molecule has 2 heteroatoms. The molecule has 0 radical (unpaired) electrons. The molecular formula is C13H25NO. The maximum Gasteiger partial charge on any atom is 0.0700 e. The lowest BCUT2D eigenvalue weighted by atomic mass is 9.99. The third-order valence-electron chi connectivity index (χ3n) is 3.88. The first kappa shape index (κ1) is 11.4. The van der Waals surface area contributed by atoms with E-state index in [1.54, 1.807) is 0 Å². The molecule has 2 nitrogen and oxygen atoms in total. The third-order valence-corrected chi connectivity index (χ3v) is 3.88. The molecule has 88 valence electrons. The minimum atomic E-state index is 0.496. The Morgan fingerprint density at radius 3 is 2.67 bits per heavy atom. The lowest BCUT2D eigenvalue weighted by Crippen LogP contribution is -2.34. The lowest BCUT2D eigenvalue weighted by Gasteiger charge is -2.19. The van der Waals surface area contributed by atoms with Crippen molar-refractivity contribution >= 4 is 0 Å². The molecule has 0 aromatic heterocycles. The minimum Gasteiger partial charge on any atom is -0.377 e. The topological polar surface area (TPSA) is 21.3 Å². The predicted octanol–water partition coefficient (Wildman–Crippen LogP) is 2.72. The first-order chi connectivity index (χ1) is 7.34. The zero-order valence-electron chi connectivity index (χ0n) is 10.0. The van der Waals surface area contributed by atoms with E-state index in [4.69, 9.17) is 4.74 Å². The van der Waals surface area contributed by atoms with Crippen molar-refractivity contribution in [2.75, 3.05) is 13.2 Å². The van der Waals surface area contributed by atoms with Gasteiger partial charge in [0.1, 0.15) is 0 Å². The van der Waals surface area contributed by atoms with E-state index in [2.05, 4.69) is 12.2 Å². The van der Waals surface area contributed by atoms with Crippen LogP contribution >= 0.6 is 0 Å². The third kappa shape index (κ3) is 3.76. The Hall–Kier alpha value is -0.0800. The zero-order valence-corrected chi connectivity index (χ0v) is 10.0. The molecule has 1 N–H and O–H groups in total. The summed E-state index contributed by atoms with van der Waals surface area (Å²) in [5.74, 6) is 0.997. The first-order valence-electron chi connectivity index (χ1n) is 6.69. The molecule has 15 heavy (non-hydrogen) atoms. The molecule has 0 aromatic rings. The zero-order chi connectivity index (χ0) is 10.5. The van der Waals surface area contributed by atoms with Gasteiger partial charge in [0, 0.05) is 19.2 Å². The van der Waals surface area contributed by atoms with Crippen molar-refractivity contribution in [2.45, 2.75) is 64.0 Å². The molecule has 0 amide bonds. The summed E-state index contributed by atoms with van der Waals surface area (Å²) in [7, 11) is 0. The highest BCUT2D eigenvalue weighted by atomic mass is 16.5. The fraction of sp³-hybridized carbons (Fsp3) is 1.00. The molecule has 0 aromatic carbocycles. The van der Waals surface area contributed by atoms with Crippen molar-refractivity contribution in [3.63, 3.8) is 0 Å². The summed E-state index contributed by atoms with van der Waals surface area (Å²) in [6.45, 7) is 4.37. The number of rotatable bonds is 5. The molecule has 0 bridgehead atoms. The molecule has 1 aliphatic carbocycles. The first-order valence-corrected chi connectivity index (χ1v) is 6.69. The van der Waals surface area contributed by atoms with Gasteiger partial charge in [0.25, 0.3) is 0 Å². The Balaban J connectivity index is 1.57. The van der Waals surface area contributed by atoms with Crippen LogP contribution in [-0.4, -0.2) is 25.3 Å². The van der Waals surface area contributed by atoms with Gasteiger partial charge in [-0.25, -0.2) is 0 Å². The Kier molecular flexibility index (Phi) is 4.45. The van der Waals surface area contributed by atoms with Crippen molar-refractivity contribution < 1.29 is 4.74 Å². The van der Waals surface area contributed by atoms with Crippen LogP contribution in [0.3, 0.4) is 0 Å². The molecule has 2 unspecified atom stereocenters. The Morgan fingerprint density at radius 1 is 1.20 bits per heavy atom. The smallest absolute Gasteiger partial charge is 0.0700 e. The van der Waals surface area contributed by atoms with Gasteiger partial charge in [-0.1, -0.05) is 25.7 Å². The second-order valence-electron chi connectivity index (χ2n) is 5.33. The van der Waals surface area contributed by atoms with Gasteiger partial charge in [-0.2, -0.15) is 0 Å². The normalized spacial score (nSPS) is 29.8. The highest BCUT2D eigenvalue weighted by Crippen LogP contribution is 2.28. The van der Waals surface area contributed by atoms with Gasteiger partial charge < -0.3 is 10.1 Å². The van der Waals surface area contributed by atoms with Crippen LogP contribution in [0.15, 0.2) is 0 Å². The van der Waals surface area contributed by atoms with Crippen molar-refractivity contribution in [1.29, 1.82) is 0 Å². The van der Waals surface area contributed by atoms with Crippen molar-refractivity contribution in [2.24, 2.45) is 5.92 Å². The van der Waals surface area contributed by atoms with E-state index in [0.29, 0.717) is 12.1 Å². The maximum atomic E-state index is 5.61. The van der Waals surface area contributed by atoms with E-state index in [-0.39, 0.29) is 0 Å². The number of nitrogens with one attached hydrogen (secondary N) is 1. The van der Waals surface area contributed by atoms with E-state index >= 15 is 0 Å². The van der Waals surface area contributed by atoms with Crippen LogP contribution in [0.1, 0.15) is 51.9 Å². The van der Waals surface area contributed by atoms with Gasteiger partial charge in [-0.15, -0.1) is 0 Å². The van der Waals surface area contributed by atoms with Gasteiger partial charge in [0.2, 0.25) is 0 Å². The largest absolute Gasteiger partial charge is 0.377 e. The van der Waals surface area contributed by atoms with E-state index < -0.39 is 0 Å². The quantitative estimate of drug-likeness (QED) is 0.755. The van der Waals surface area contributed by atoms with Crippen molar-refractivity contribution in [1.82, 2.24) is 5.32 Å². The molecule has 1 heterocycles. The summed E-state index contributed by atoms with van der Waals surface area (Å²) in [6.07, 6.45) is 10.2. The molecular weight excluding hydrogens is 186 g/mol. The Bertz CT molecular complexity index is 171. The van der Waals surface area contributed by atoms with Gasteiger partial charge in [-0.3, -0.25) is 0 Å².